The van der Waals surface area contributed by atoms with E-state index in [1.807, 2.05) is 0 Å². The van der Waals surface area contributed by atoms with E-state index in [4.69, 9.17) is 0 Å². The van der Waals surface area contributed by atoms with Gasteiger partial charge in [-0.15, -0.1) is 0 Å². The van der Waals surface area contributed by atoms with Crippen LogP contribution in [0.1, 0.15) is 98.1 Å². The Balaban J connectivity index is 2.03. The molecule has 0 fully saturated rings. The van der Waals surface area contributed by atoms with Crippen molar-refractivity contribution in [1.29, 1.82) is 0 Å². The Morgan fingerprint density at radius 1 is 1.00 bits per heavy atom. The van der Waals surface area contributed by atoms with Crippen molar-refractivity contribution >= 4 is 16.4 Å². The molecule has 4 rings (SSSR count). The molecule has 0 radical (unpaired) electrons. The molecule has 2 nitrogen and oxygen atoms in total. The summed E-state index contributed by atoms with van der Waals surface area (Å²) in [4.78, 5) is 0. The summed E-state index contributed by atoms with van der Waals surface area (Å²) in [6.45, 7) is 16.9. The van der Waals surface area contributed by atoms with Gasteiger partial charge in [-0.3, -0.25) is 0 Å². The Morgan fingerprint density at radius 2 is 1.76 bits per heavy atom. The van der Waals surface area contributed by atoms with E-state index in [9.17, 15) is 0 Å². The number of unbranched alkanes of at least 4 members (excludes halogenated alkanes) is 2. The van der Waals surface area contributed by atoms with Gasteiger partial charge in [0.15, 0.2) is 0 Å². The molecule has 3 aromatic rings. The van der Waals surface area contributed by atoms with Crippen LogP contribution in [0, 0.1) is 0 Å². The lowest BCUT2D eigenvalue weighted by Crippen LogP contribution is -2.65. The highest BCUT2D eigenvalue weighted by Gasteiger charge is 2.53. The van der Waals surface area contributed by atoms with Crippen LogP contribution in [0.25, 0.3) is 16.4 Å². The van der Waals surface area contributed by atoms with Gasteiger partial charge in [0, 0.05) is 5.41 Å². The van der Waals surface area contributed by atoms with Gasteiger partial charge in [0.25, 0.3) is 5.65 Å². The second kappa shape index (κ2) is 6.86. The molecule has 0 saturated heterocycles. The van der Waals surface area contributed by atoms with Crippen molar-refractivity contribution in [3.8, 4) is 0 Å². The second-order valence-electron chi connectivity index (χ2n) is 10.4. The van der Waals surface area contributed by atoms with Crippen LogP contribution in [0.4, 0.5) is 0 Å². The number of imidazole rings is 1. The van der Waals surface area contributed by atoms with Crippen LogP contribution in [-0.4, -0.2) is 4.40 Å². The van der Waals surface area contributed by atoms with E-state index in [1.165, 1.54) is 47.7 Å². The van der Waals surface area contributed by atoms with E-state index in [-0.39, 0.29) is 16.4 Å². The average molecular weight is 392 g/mol. The van der Waals surface area contributed by atoms with Gasteiger partial charge >= 0.3 is 0 Å². The molecule has 2 heteroatoms. The summed E-state index contributed by atoms with van der Waals surface area (Å²) in [6.07, 6.45) is 14.2. The van der Waals surface area contributed by atoms with Crippen molar-refractivity contribution in [3.05, 3.63) is 47.9 Å². The minimum absolute atomic E-state index is 0.0722. The fourth-order valence-electron chi connectivity index (χ4n) is 5.85. The zero-order chi connectivity index (χ0) is 21.0. The van der Waals surface area contributed by atoms with Crippen molar-refractivity contribution in [3.63, 3.8) is 0 Å². The van der Waals surface area contributed by atoms with Crippen LogP contribution in [0.15, 0.2) is 36.8 Å². The lowest BCUT2D eigenvalue weighted by atomic mass is 9.61. The first-order valence-corrected chi connectivity index (χ1v) is 11.7. The smallest absolute Gasteiger partial charge is 0.224 e. The first-order chi connectivity index (χ1) is 13.7. The van der Waals surface area contributed by atoms with E-state index in [0.717, 1.165) is 12.8 Å². The van der Waals surface area contributed by atoms with Gasteiger partial charge in [-0.05, 0) is 54.2 Å². The lowest BCUT2D eigenvalue weighted by molar-refractivity contribution is -0.750. The number of benzene rings is 1. The number of hydrogen-bond donors (Lipinski definition) is 0. The molecule has 0 aliphatic carbocycles. The summed E-state index contributed by atoms with van der Waals surface area (Å²) in [5.41, 5.74) is 4.82. The molecule has 3 heterocycles. The predicted molar refractivity (Wildman–Crippen MR) is 124 cm³/mol. The minimum atomic E-state index is 0.0722. The van der Waals surface area contributed by atoms with Gasteiger partial charge in [0.1, 0.15) is 17.9 Å². The van der Waals surface area contributed by atoms with Gasteiger partial charge in [-0.25, -0.2) is 8.97 Å². The summed E-state index contributed by atoms with van der Waals surface area (Å²) in [5.74, 6) is 0. The molecule has 0 spiro atoms. The van der Waals surface area contributed by atoms with E-state index in [1.54, 1.807) is 5.56 Å². The topological polar surface area (TPSA) is 8.29 Å². The van der Waals surface area contributed by atoms with Gasteiger partial charge in [0.2, 0.25) is 0 Å². The number of pyridine rings is 1. The zero-order valence-electron chi connectivity index (χ0n) is 19.6. The molecule has 156 valence electrons. The Labute approximate surface area is 176 Å². The van der Waals surface area contributed by atoms with Crippen LogP contribution in [0.2, 0.25) is 0 Å². The number of hydrogen-bond acceptors (Lipinski definition) is 0. The normalized spacial score (nSPS) is 24.1. The monoisotopic (exact) mass is 391 g/mol. The highest BCUT2D eigenvalue weighted by atomic mass is 15.2. The highest BCUT2D eigenvalue weighted by molar-refractivity contribution is 5.97. The Kier molecular flexibility index (Phi) is 4.83. The summed E-state index contributed by atoms with van der Waals surface area (Å²) in [7, 11) is 0. The van der Waals surface area contributed by atoms with E-state index in [0.29, 0.717) is 0 Å². The van der Waals surface area contributed by atoms with Crippen LogP contribution in [-0.2, 0) is 16.4 Å². The van der Waals surface area contributed by atoms with E-state index >= 15 is 0 Å². The molecule has 0 saturated carbocycles. The minimum Gasteiger partial charge on any atom is -0.224 e. The first-order valence-electron chi connectivity index (χ1n) is 11.7. The molecule has 0 bridgehead atoms. The molecule has 2 aromatic heterocycles. The molecule has 29 heavy (non-hydrogen) atoms. The first kappa shape index (κ1) is 20.4. The number of rotatable bonds is 7. The average Bonchev–Trinajstić information content (AvgIpc) is 3.16. The fourth-order valence-corrected chi connectivity index (χ4v) is 5.85. The van der Waals surface area contributed by atoms with Gasteiger partial charge in [-0.1, -0.05) is 72.9 Å². The maximum absolute atomic E-state index is 2.59. The van der Waals surface area contributed by atoms with E-state index in [2.05, 4.69) is 94.2 Å². The van der Waals surface area contributed by atoms with Crippen LogP contribution >= 0.6 is 0 Å². The van der Waals surface area contributed by atoms with Crippen molar-refractivity contribution in [2.24, 2.45) is 0 Å². The molecule has 1 aliphatic heterocycles. The number of aromatic nitrogens is 2. The maximum Gasteiger partial charge on any atom is 0.294 e. The lowest BCUT2D eigenvalue weighted by Gasteiger charge is -2.47. The van der Waals surface area contributed by atoms with Crippen LogP contribution < -0.4 is 4.57 Å². The standard InChI is InChI=1S/C27H39N2/c1-8-11-12-14-25(4,5)21-18-20-13-15-28-16-17-29-24(28)23(20)22(19-21)26(6,9-2)27(29,7)10-3/h13,15-19H,8-12,14H2,1-7H3/q+1. The predicted octanol–water partition coefficient (Wildman–Crippen LogP) is 7.04. The highest BCUT2D eigenvalue weighted by Crippen LogP contribution is 2.50. The quantitative estimate of drug-likeness (QED) is 0.301. The molecule has 1 aliphatic rings. The third-order valence-corrected chi connectivity index (χ3v) is 8.55. The summed E-state index contributed by atoms with van der Waals surface area (Å²) < 4.78 is 4.89. The van der Waals surface area contributed by atoms with Gasteiger partial charge < -0.3 is 0 Å². The Hall–Kier alpha value is -1.83. The van der Waals surface area contributed by atoms with Crippen molar-refractivity contribution in [1.82, 2.24) is 4.40 Å². The third-order valence-electron chi connectivity index (χ3n) is 8.55. The molecule has 2 unspecified atom stereocenters. The molecule has 2 atom stereocenters. The fraction of sp³-hybridized carbons (Fsp3) is 0.593. The second-order valence-corrected chi connectivity index (χ2v) is 10.4. The van der Waals surface area contributed by atoms with Crippen molar-refractivity contribution < 1.29 is 4.57 Å². The Morgan fingerprint density at radius 3 is 2.41 bits per heavy atom. The zero-order valence-corrected chi connectivity index (χ0v) is 19.6. The number of nitrogens with zero attached hydrogens (tertiary/aromatic N) is 2. The summed E-state index contributed by atoms with van der Waals surface area (Å²) >= 11 is 0. The SMILES string of the molecule is CCCCCC(C)(C)c1cc2c3c(ccn4cc[n+](c34)C(C)(CC)C2(C)CC)c1. The van der Waals surface area contributed by atoms with Gasteiger partial charge in [-0.2, -0.15) is 0 Å². The van der Waals surface area contributed by atoms with E-state index < -0.39 is 0 Å². The molecule has 0 amide bonds. The summed E-state index contributed by atoms with van der Waals surface area (Å²) in [5, 5.41) is 2.86. The summed E-state index contributed by atoms with van der Waals surface area (Å²) in [6, 6.07) is 7.39. The molecule has 0 N–H and O–H groups in total. The van der Waals surface area contributed by atoms with Crippen LogP contribution in [0.3, 0.4) is 0 Å². The molecular formula is C27H39N2+. The van der Waals surface area contributed by atoms with Crippen LogP contribution in [0.5, 0.6) is 0 Å². The Bertz CT molecular complexity index is 1060. The largest absolute Gasteiger partial charge is 0.294 e. The molecule has 1 aromatic carbocycles. The maximum atomic E-state index is 2.59. The third kappa shape index (κ3) is 2.71. The molecular weight excluding hydrogens is 352 g/mol. The van der Waals surface area contributed by atoms with Crippen molar-refractivity contribution in [2.45, 2.75) is 103 Å². The van der Waals surface area contributed by atoms with Crippen molar-refractivity contribution in [2.75, 3.05) is 0 Å². The van der Waals surface area contributed by atoms with Gasteiger partial charge in [0.05, 0.1) is 11.6 Å².